The zero-order chi connectivity index (χ0) is 23.5. The number of thioether (sulfide) groups is 1. The van der Waals surface area contributed by atoms with Crippen LogP contribution in [0.3, 0.4) is 0 Å². The summed E-state index contributed by atoms with van der Waals surface area (Å²) in [6.45, 7) is 2.77. The van der Waals surface area contributed by atoms with Crippen molar-refractivity contribution in [2.75, 3.05) is 42.7 Å². The number of anilines is 2. The number of ether oxygens (including phenoxy) is 1. The van der Waals surface area contributed by atoms with Gasteiger partial charge in [-0.25, -0.2) is 9.97 Å². The Hall–Kier alpha value is -2.95. The van der Waals surface area contributed by atoms with E-state index in [2.05, 4.69) is 30.5 Å². The maximum absolute atomic E-state index is 11.6. The van der Waals surface area contributed by atoms with Gasteiger partial charge in [0.15, 0.2) is 0 Å². The summed E-state index contributed by atoms with van der Waals surface area (Å²) in [5, 5.41) is 17.3. The Labute approximate surface area is 202 Å². The highest BCUT2D eigenvalue weighted by atomic mass is 32.2. The Morgan fingerprint density at radius 1 is 1.21 bits per heavy atom. The first-order valence-corrected chi connectivity index (χ1v) is 12.4. The molecular formula is C24H28N6O3S. The van der Waals surface area contributed by atoms with Gasteiger partial charge in [0.1, 0.15) is 11.3 Å². The van der Waals surface area contributed by atoms with Crippen LogP contribution in [-0.4, -0.2) is 64.1 Å². The summed E-state index contributed by atoms with van der Waals surface area (Å²) in [5.41, 5.74) is 2.84. The summed E-state index contributed by atoms with van der Waals surface area (Å²) in [7, 11) is 1.61. The lowest BCUT2D eigenvalue weighted by molar-refractivity contribution is -0.113. The normalized spacial score (nSPS) is 17.4. The van der Waals surface area contributed by atoms with Gasteiger partial charge in [0.2, 0.25) is 11.8 Å². The van der Waals surface area contributed by atoms with Crippen LogP contribution in [0.5, 0.6) is 5.88 Å². The van der Waals surface area contributed by atoms with Crippen molar-refractivity contribution in [2.45, 2.75) is 36.3 Å². The quantitative estimate of drug-likeness (QED) is 0.439. The molecule has 0 aromatic carbocycles. The third kappa shape index (κ3) is 4.94. The number of pyridine rings is 3. The minimum absolute atomic E-state index is 0.0154. The number of nitrogens with zero attached hydrogens (tertiary/aromatic N) is 4. The number of methoxy groups -OCH3 is 1. The molecule has 178 valence electrons. The van der Waals surface area contributed by atoms with Gasteiger partial charge >= 0.3 is 0 Å². The van der Waals surface area contributed by atoms with Crippen LogP contribution in [0.4, 0.5) is 11.5 Å². The molecule has 1 amide bonds. The number of aromatic nitrogens is 3. The summed E-state index contributed by atoms with van der Waals surface area (Å²) in [5.74, 6) is 1.63. The molecule has 3 aromatic rings. The molecular weight excluding hydrogens is 452 g/mol. The Balaban J connectivity index is 1.14. The monoisotopic (exact) mass is 480 g/mol. The largest absolute Gasteiger partial charge is 0.481 e. The van der Waals surface area contributed by atoms with E-state index in [0.717, 1.165) is 40.4 Å². The Bertz CT molecular complexity index is 1200. The number of hydrogen-bond donors (Lipinski definition) is 3. The minimum atomic E-state index is -0.703. The Kier molecular flexibility index (Phi) is 6.53. The predicted molar refractivity (Wildman–Crippen MR) is 132 cm³/mol. The third-order valence-electron chi connectivity index (χ3n) is 6.39. The fourth-order valence-electron chi connectivity index (χ4n) is 4.42. The Morgan fingerprint density at radius 3 is 2.88 bits per heavy atom. The molecule has 34 heavy (non-hydrogen) atoms. The number of piperidine rings is 1. The van der Waals surface area contributed by atoms with Crippen LogP contribution in [0.15, 0.2) is 41.4 Å². The second kappa shape index (κ2) is 9.73. The molecule has 2 aliphatic rings. The van der Waals surface area contributed by atoms with E-state index in [0.29, 0.717) is 49.8 Å². The number of rotatable bonds is 7. The molecule has 10 heteroatoms. The van der Waals surface area contributed by atoms with E-state index >= 15 is 0 Å². The van der Waals surface area contributed by atoms with Crippen LogP contribution in [0, 0.1) is 0 Å². The maximum atomic E-state index is 11.6. The summed E-state index contributed by atoms with van der Waals surface area (Å²) in [6.07, 6.45) is 3.84. The zero-order valence-corrected chi connectivity index (χ0v) is 19.9. The van der Waals surface area contributed by atoms with Crippen molar-refractivity contribution in [1.29, 1.82) is 0 Å². The zero-order valence-electron chi connectivity index (χ0n) is 19.1. The molecule has 0 spiro atoms. The molecule has 9 nitrogen and oxygen atoms in total. The van der Waals surface area contributed by atoms with Crippen molar-refractivity contribution in [2.24, 2.45) is 0 Å². The van der Waals surface area contributed by atoms with E-state index in [1.165, 1.54) is 11.8 Å². The molecule has 0 radical (unpaired) electrons. The minimum Gasteiger partial charge on any atom is -0.481 e. The van der Waals surface area contributed by atoms with Gasteiger partial charge < -0.3 is 25.4 Å². The van der Waals surface area contributed by atoms with Gasteiger partial charge in [-0.3, -0.25) is 9.78 Å². The topological polar surface area (TPSA) is 113 Å². The van der Waals surface area contributed by atoms with Crippen molar-refractivity contribution in [3.8, 4) is 5.88 Å². The Morgan fingerprint density at radius 2 is 2.06 bits per heavy atom. The average Bonchev–Trinajstić information content (AvgIpc) is 2.86. The van der Waals surface area contributed by atoms with Crippen molar-refractivity contribution in [3.63, 3.8) is 0 Å². The van der Waals surface area contributed by atoms with E-state index in [1.54, 1.807) is 13.3 Å². The molecule has 5 rings (SSSR count). The molecule has 0 unspecified atom stereocenters. The van der Waals surface area contributed by atoms with Crippen LogP contribution in [0.1, 0.15) is 25.0 Å². The lowest BCUT2D eigenvalue weighted by Gasteiger charge is -2.39. The third-order valence-corrected chi connectivity index (χ3v) is 7.43. The van der Waals surface area contributed by atoms with Gasteiger partial charge in [-0.05, 0) is 50.1 Å². The number of nitrogens with one attached hydrogen (secondary N) is 2. The van der Waals surface area contributed by atoms with Gasteiger partial charge in [-0.1, -0.05) is 0 Å². The highest BCUT2D eigenvalue weighted by Crippen LogP contribution is 2.32. The van der Waals surface area contributed by atoms with E-state index < -0.39 is 5.60 Å². The van der Waals surface area contributed by atoms with E-state index in [1.807, 2.05) is 30.3 Å². The first-order valence-electron chi connectivity index (χ1n) is 11.4. The predicted octanol–water partition coefficient (Wildman–Crippen LogP) is 2.59. The maximum Gasteiger partial charge on any atom is 0.235 e. The average molecular weight is 481 g/mol. The summed E-state index contributed by atoms with van der Waals surface area (Å²) in [4.78, 5) is 28.4. The summed E-state index contributed by atoms with van der Waals surface area (Å²) >= 11 is 1.51. The number of amides is 1. The standard InChI is InChI=1S/C24H28N6O3S/c1-33-21-5-3-17-22(29-21)18(6-10-26-17)30-12-8-24(32,9-13-30)7-11-25-14-16-2-4-19-23(27-16)28-20(31)15-34-19/h2-6,10,25,32H,7-9,11-15H2,1H3,(H,27,28,31). The molecule has 5 heterocycles. The molecule has 0 saturated carbocycles. The van der Waals surface area contributed by atoms with Crippen LogP contribution in [0.2, 0.25) is 0 Å². The van der Waals surface area contributed by atoms with E-state index in [4.69, 9.17) is 4.74 Å². The lowest BCUT2D eigenvalue weighted by Crippen LogP contribution is -2.45. The van der Waals surface area contributed by atoms with Crippen LogP contribution < -0.4 is 20.3 Å². The fourth-order valence-corrected chi connectivity index (χ4v) is 5.17. The molecule has 0 bridgehead atoms. The van der Waals surface area contributed by atoms with E-state index in [9.17, 15) is 9.90 Å². The second-order valence-electron chi connectivity index (χ2n) is 8.68. The molecule has 0 atom stereocenters. The van der Waals surface area contributed by atoms with Gasteiger partial charge in [-0.15, -0.1) is 11.8 Å². The molecule has 3 aromatic heterocycles. The van der Waals surface area contributed by atoms with Gasteiger partial charge in [0.05, 0.1) is 40.3 Å². The van der Waals surface area contributed by atoms with Gasteiger partial charge in [0, 0.05) is 31.9 Å². The number of hydrogen-bond acceptors (Lipinski definition) is 9. The second-order valence-corrected chi connectivity index (χ2v) is 9.69. The smallest absolute Gasteiger partial charge is 0.235 e. The van der Waals surface area contributed by atoms with Crippen molar-refractivity contribution in [3.05, 3.63) is 42.2 Å². The SMILES string of the molecule is COc1ccc2nccc(N3CCC(O)(CCNCc4ccc5c(n4)NC(=O)CS5)CC3)c2n1. The number of carbonyl (C=O) groups is 1. The highest BCUT2D eigenvalue weighted by molar-refractivity contribution is 8.00. The van der Waals surface area contributed by atoms with Crippen LogP contribution in [0.25, 0.3) is 11.0 Å². The number of fused-ring (bicyclic) bond motifs is 2. The van der Waals surface area contributed by atoms with Crippen molar-refractivity contribution in [1.82, 2.24) is 20.3 Å². The highest BCUT2D eigenvalue weighted by Gasteiger charge is 2.32. The molecule has 0 aliphatic carbocycles. The van der Waals surface area contributed by atoms with Gasteiger partial charge in [0.25, 0.3) is 0 Å². The summed E-state index contributed by atoms with van der Waals surface area (Å²) < 4.78 is 5.29. The van der Waals surface area contributed by atoms with E-state index in [-0.39, 0.29) is 5.91 Å². The molecule has 1 fully saturated rings. The fraction of sp³-hybridized carbons (Fsp3) is 0.417. The first-order chi connectivity index (χ1) is 16.5. The molecule has 1 saturated heterocycles. The van der Waals surface area contributed by atoms with Crippen LogP contribution in [-0.2, 0) is 11.3 Å². The molecule has 3 N–H and O–H groups in total. The number of carbonyl (C=O) groups excluding carboxylic acids is 1. The molecule has 2 aliphatic heterocycles. The van der Waals surface area contributed by atoms with Crippen molar-refractivity contribution >= 4 is 40.2 Å². The summed E-state index contributed by atoms with van der Waals surface area (Å²) in [6, 6.07) is 9.69. The van der Waals surface area contributed by atoms with Crippen LogP contribution >= 0.6 is 11.8 Å². The van der Waals surface area contributed by atoms with Crippen molar-refractivity contribution < 1.29 is 14.6 Å². The van der Waals surface area contributed by atoms with Gasteiger partial charge in [-0.2, -0.15) is 0 Å². The lowest BCUT2D eigenvalue weighted by atomic mass is 9.88. The first kappa shape index (κ1) is 22.8. The number of aliphatic hydroxyl groups is 1.